The average molecular weight is 258 g/mol. The van der Waals surface area contributed by atoms with Gasteiger partial charge in [-0.1, -0.05) is 6.07 Å². The first-order chi connectivity index (χ1) is 9.09. The summed E-state index contributed by atoms with van der Waals surface area (Å²) in [6.07, 6.45) is 3.49. The molecule has 4 heteroatoms. The summed E-state index contributed by atoms with van der Waals surface area (Å²) in [5.41, 5.74) is 1.63. The van der Waals surface area contributed by atoms with E-state index >= 15 is 0 Å². The molecule has 100 valence electrons. The first-order valence-electron chi connectivity index (χ1n) is 6.26. The maximum Gasteiger partial charge on any atom is 0.124 e. The van der Waals surface area contributed by atoms with Crippen molar-refractivity contribution in [3.05, 3.63) is 53.9 Å². The molecule has 0 spiro atoms. The molecule has 0 fully saturated rings. The SMILES string of the molecule is CC(N[C@H](C)c1ccncc1)c1c(O)cccc1O. The number of benzene rings is 1. The van der Waals surface area contributed by atoms with Crippen LogP contribution < -0.4 is 5.32 Å². The molecule has 0 amide bonds. The molecule has 0 aliphatic heterocycles. The average Bonchev–Trinajstić information content (AvgIpc) is 2.39. The maximum absolute atomic E-state index is 9.84. The third kappa shape index (κ3) is 3.03. The van der Waals surface area contributed by atoms with Crippen LogP contribution in [0.25, 0.3) is 0 Å². The molecule has 2 rings (SSSR count). The van der Waals surface area contributed by atoms with E-state index in [-0.39, 0.29) is 23.6 Å². The van der Waals surface area contributed by atoms with Crippen molar-refractivity contribution >= 4 is 0 Å². The second-order valence-corrected chi connectivity index (χ2v) is 4.60. The Bertz CT molecular complexity index is 523. The van der Waals surface area contributed by atoms with E-state index in [0.29, 0.717) is 5.56 Å². The van der Waals surface area contributed by atoms with E-state index in [0.717, 1.165) is 5.56 Å². The standard InChI is InChI=1S/C15H18N2O2/c1-10(12-6-8-16-9-7-12)17-11(2)15-13(18)4-3-5-14(15)19/h3-11,17-19H,1-2H3/t10-,11?/m1/s1. The van der Waals surface area contributed by atoms with E-state index in [1.807, 2.05) is 26.0 Å². The van der Waals surface area contributed by atoms with Crippen molar-refractivity contribution in [3.63, 3.8) is 0 Å². The van der Waals surface area contributed by atoms with E-state index in [2.05, 4.69) is 10.3 Å². The van der Waals surface area contributed by atoms with Crippen LogP contribution in [-0.2, 0) is 0 Å². The maximum atomic E-state index is 9.84. The Labute approximate surface area is 112 Å². The van der Waals surface area contributed by atoms with Crippen LogP contribution >= 0.6 is 0 Å². The van der Waals surface area contributed by atoms with Crippen molar-refractivity contribution in [1.29, 1.82) is 0 Å². The summed E-state index contributed by atoms with van der Waals surface area (Å²) >= 11 is 0. The van der Waals surface area contributed by atoms with Gasteiger partial charge >= 0.3 is 0 Å². The Morgan fingerprint density at radius 3 is 2.11 bits per heavy atom. The number of hydrogen-bond donors (Lipinski definition) is 3. The van der Waals surface area contributed by atoms with Crippen molar-refractivity contribution in [3.8, 4) is 11.5 Å². The Morgan fingerprint density at radius 1 is 0.947 bits per heavy atom. The highest BCUT2D eigenvalue weighted by molar-refractivity contribution is 5.45. The molecule has 1 heterocycles. The summed E-state index contributed by atoms with van der Waals surface area (Å²) in [6, 6.07) is 8.58. The van der Waals surface area contributed by atoms with Crippen LogP contribution in [-0.4, -0.2) is 15.2 Å². The number of pyridine rings is 1. The molecule has 3 N–H and O–H groups in total. The molecule has 19 heavy (non-hydrogen) atoms. The van der Waals surface area contributed by atoms with Crippen LogP contribution in [0.3, 0.4) is 0 Å². The van der Waals surface area contributed by atoms with Crippen molar-refractivity contribution in [2.75, 3.05) is 0 Å². The summed E-state index contributed by atoms with van der Waals surface area (Å²) in [6.45, 7) is 3.94. The molecular formula is C15H18N2O2. The quantitative estimate of drug-likeness (QED) is 0.789. The summed E-state index contributed by atoms with van der Waals surface area (Å²) in [4.78, 5) is 3.99. The minimum atomic E-state index is -0.163. The van der Waals surface area contributed by atoms with Crippen LogP contribution in [0.4, 0.5) is 0 Å². The van der Waals surface area contributed by atoms with Gasteiger partial charge in [-0.3, -0.25) is 4.98 Å². The Hall–Kier alpha value is -2.07. The van der Waals surface area contributed by atoms with Crippen LogP contribution in [0.15, 0.2) is 42.7 Å². The second kappa shape index (κ2) is 5.71. The highest BCUT2D eigenvalue weighted by Gasteiger charge is 2.17. The van der Waals surface area contributed by atoms with Crippen LogP contribution in [0.5, 0.6) is 11.5 Å². The smallest absolute Gasteiger partial charge is 0.124 e. The number of rotatable bonds is 4. The summed E-state index contributed by atoms with van der Waals surface area (Å²) in [5.74, 6) is 0.198. The largest absolute Gasteiger partial charge is 0.507 e. The number of aromatic nitrogens is 1. The molecule has 0 saturated heterocycles. The van der Waals surface area contributed by atoms with E-state index < -0.39 is 0 Å². The molecule has 0 bridgehead atoms. The number of hydrogen-bond acceptors (Lipinski definition) is 4. The van der Waals surface area contributed by atoms with Crippen LogP contribution in [0, 0.1) is 0 Å². The minimum Gasteiger partial charge on any atom is -0.507 e. The number of phenolic OH excluding ortho intramolecular Hbond substituents is 2. The summed E-state index contributed by atoms with van der Waals surface area (Å²) in [5, 5.41) is 23.0. The van der Waals surface area contributed by atoms with Gasteiger partial charge in [0.15, 0.2) is 0 Å². The summed E-state index contributed by atoms with van der Waals surface area (Å²) < 4.78 is 0. The van der Waals surface area contributed by atoms with Gasteiger partial charge in [0.2, 0.25) is 0 Å². The first-order valence-corrected chi connectivity index (χ1v) is 6.26. The molecule has 2 atom stereocenters. The van der Waals surface area contributed by atoms with Crippen molar-refractivity contribution in [2.45, 2.75) is 25.9 Å². The normalized spacial score (nSPS) is 14.0. The van der Waals surface area contributed by atoms with E-state index in [1.54, 1.807) is 30.6 Å². The van der Waals surface area contributed by atoms with Gasteiger partial charge in [-0.25, -0.2) is 0 Å². The second-order valence-electron chi connectivity index (χ2n) is 4.60. The molecular weight excluding hydrogens is 240 g/mol. The molecule has 2 aromatic rings. The minimum absolute atomic E-state index is 0.0945. The highest BCUT2D eigenvalue weighted by atomic mass is 16.3. The fraction of sp³-hybridized carbons (Fsp3) is 0.267. The van der Waals surface area contributed by atoms with Gasteiger partial charge in [0, 0.05) is 24.5 Å². The Balaban J connectivity index is 2.15. The van der Waals surface area contributed by atoms with Gasteiger partial charge in [-0.2, -0.15) is 0 Å². The monoisotopic (exact) mass is 258 g/mol. The predicted octanol–water partition coefficient (Wildman–Crippen LogP) is 2.90. The number of nitrogens with one attached hydrogen (secondary N) is 1. The van der Waals surface area contributed by atoms with E-state index in [1.165, 1.54) is 0 Å². The van der Waals surface area contributed by atoms with Gasteiger partial charge in [-0.15, -0.1) is 0 Å². The lowest BCUT2D eigenvalue weighted by molar-refractivity contribution is 0.407. The van der Waals surface area contributed by atoms with Gasteiger partial charge in [0.05, 0.1) is 5.56 Å². The van der Waals surface area contributed by atoms with Gasteiger partial charge < -0.3 is 15.5 Å². The Morgan fingerprint density at radius 2 is 1.53 bits per heavy atom. The van der Waals surface area contributed by atoms with E-state index in [4.69, 9.17) is 0 Å². The molecule has 0 aliphatic carbocycles. The fourth-order valence-corrected chi connectivity index (χ4v) is 2.19. The van der Waals surface area contributed by atoms with Crippen molar-refractivity contribution in [2.24, 2.45) is 0 Å². The van der Waals surface area contributed by atoms with Gasteiger partial charge in [0.25, 0.3) is 0 Å². The number of nitrogens with zero attached hydrogens (tertiary/aromatic N) is 1. The summed E-state index contributed by atoms with van der Waals surface area (Å²) in [7, 11) is 0. The topological polar surface area (TPSA) is 65.4 Å². The lowest BCUT2D eigenvalue weighted by Crippen LogP contribution is -2.22. The third-order valence-corrected chi connectivity index (χ3v) is 3.20. The van der Waals surface area contributed by atoms with Crippen molar-refractivity contribution < 1.29 is 10.2 Å². The molecule has 0 radical (unpaired) electrons. The molecule has 1 aromatic carbocycles. The molecule has 1 aromatic heterocycles. The van der Waals surface area contributed by atoms with Crippen molar-refractivity contribution in [1.82, 2.24) is 10.3 Å². The van der Waals surface area contributed by atoms with E-state index in [9.17, 15) is 10.2 Å². The number of aromatic hydroxyl groups is 2. The predicted molar refractivity (Wildman–Crippen MR) is 74.0 cm³/mol. The molecule has 0 aliphatic rings. The molecule has 1 unspecified atom stereocenters. The zero-order valence-corrected chi connectivity index (χ0v) is 11.0. The zero-order valence-electron chi connectivity index (χ0n) is 11.0. The van der Waals surface area contributed by atoms with Gasteiger partial charge in [-0.05, 0) is 43.7 Å². The lowest BCUT2D eigenvalue weighted by Gasteiger charge is -2.22. The molecule has 0 saturated carbocycles. The van der Waals surface area contributed by atoms with Crippen LogP contribution in [0.1, 0.15) is 37.1 Å². The first kappa shape index (κ1) is 13.4. The third-order valence-electron chi connectivity index (χ3n) is 3.20. The Kier molecular flexibility index (Phi) is 4.02. The lowest BCUT2D eigenvalue weighted by atomic mass is 10.0. The van der Waals surface area contributed by atoms with Gasteiger partial charge in [0.1, 0.15) is 11.5 Å². The highest BCUT2D eigenvalue weighted by Crippen LogP contribution is 2.33. The van der Waals surface area contributed by atoms with Crippen LogP contribution in [0.2, 0.25) is 0 Å². The number of phenols is 2. The molecule has 4 nitrogen and oxygen atoms in total. The zero-order chi connectivity index (χ0) is 13.8. The fourth-order valence-electron chi connectivity index (χ4n) is 2.19.